The minimum Gasteiger partial charge on any atom is -0.481 e. The summed E-state index contributed by atoms with van der Waals surface area (Å²) in [6.45, 7) is 0. The van der Waals surface area contributed by atoms with E-state index in [9.17, 15) is 53.4 Å². The van der Waals surface area contributed by atoms with Crippen molar-refractivity contribution in [1.29, 1.82) is 0 Å². The summed E-state index contributed by atoms with van der Waals surface area (Å²) in [6.07, 6.45) is -4.42. The Hall–Kier alpha value is -4.82. The van der Waals surface area contributed by atoms with E-state index in [0.717, 1.165) is 0 Å². The van der Waals surface area contributed by atoms with Crippen LogP contribution in [0.2, 0.25) is 0 Å². The third-order valence-electron chi connectivity index (χ3n) is 5.10. The molecule has 4 amide bonds. The monoisotopic (exact) mass is 706 g/mol. The molecule has 0 unspecified atom stereocenters. The Balaban J connectivity index is 3.18. The van der Waals surface area contributed by atoms with Gasteiger partial charge in [0.05, 0.1) is 25.7 Å². The zero-order valence-corrected chi connectivity index (χ0v) is 23.4. The van der Waals surface area contributed by atoms with Crippen molar-refractivity contribution >= 4 is 76.1 Å². The van der Waals surface area contributed by atoms with Gasteiger partial charge in [-0.25, -0.2) is 4.79 Å². The zero-order valence-electron chi connectivity index (χ0n) is 21.2. The number of carbonyl (C=O) groups excluding carboxylic acids is 4. The van der Waals surface area contributed by atoms with Crippen molar-refractivity contribution in [2.75, 3.05) is 0 Å². The first kappa shape index (κ1) is 35.2. The predicted molar refractivity (Wildman–Crippen MR) is 143 cm³/mol. The molecule has 0 aliphatic carbocycles. The molecular weight excluding hydrogens is 681 g/mol. The van der Waals surface area contributed by atoms with Gasteiger partial charge in [0.15, 0.2) is 0 Å². The first-order valence-electron chi connectivity index (χ1n) is 11.6. The van der Waals surface area contributed by atoms with E-state index in [1.807, 2.05) is 33.2 Å². The Morgan fingerprint density at radius 3 is 1.29 bits per heavy atom. The van der Waals surface area contributed by atoms with Crippen molar-refractivity contribution in [2.45, 2.75) is 49.9 Å². The maximum atomic E-state index is 12.9. The second kappa shape index (κ2) is 16.4. The highest BCUT2D eigenvalue weighted by Crippen LogP contribution is 2.09. The van der Waals surface area contributed by atoms with Crippen molar-refractivity contribution < 1.29 is 68.7 Å². The molecule has 1 aromatic rings. The molecule has 1 rings (SSSR count). The van der Waals surface area contributed by atoms with Gasteiger partial charge in [-0.05, 0) is 40.8 Å². The lowest BCUT2D eigenvalue weighted by molar-refractivity contribution is -0.148. The van der Waals surface area contributed by atoms with E-state index in [1.165, 1.54) is 18.2 Å². The summed E-state index contributed by atoms with van der Waals surface area (Å²) in [7, 11) is 0. The van der Waals surface area contributed by atoms with E-state index in [1.54, 1.807) is 11.4 Å². The van der Waals surface area contributed by atoms with Crippen LogP contribution in [0.4, 0.5) is 0 Å². The fourth-order valence-corrected chi connectivity index (χ4v) is 3.76. The maximum Gasteiger partial charge on any atom is 0.326 e. The molecule has 42 heavy (non-hydrogen) atoms. The molecule has 0 radical (unpaired) electrons. The van der Waals surface area contributed by atoms with Crippen LogP contribution in [0.1, 0.15) is 36.0 Å². The fraction of sp³-hybridized carbons (Fsp3) is 0.348. The summed E-state index contributed by atoms with van der Waals surface area (Å²) in [4.78, 5) is 107. The van der Waals surface area contributed by atoms with Gasteiger partial charge in [-0.1, -0.05) is 6.07 Å². The van der Waals surface area contributed by atoms with Gasteiger partial charge in [0.1, 0.15) is 24.2 Å². The van der Waals surface area contributed by atoms with Gasteiger partial charge in [0.2, 0.25) is 17.7 Å². The molecule has 228 valence electrons. The molecule has 0 fully saturated rings. The molecule has 0 saturated carbocycles. The number of rotatable bonds is 17. The normalized spacial score (nSPS) is 13.3. The van der Waals surface area contributed by atoms with Crippen LogP contribution in [0.25, 0.3) is 0 Å². The standard InChI is InChI=1S/C23H25IN4O14/c24-10-3-1-2-9(4-10)19(37)25-11(5-15(29)30)20(38)26-12(6-16(31)32)21(39)27-13(7-17(33)34)22(40)28-14(23(41)42)8-18(35)36/h1-4,11-14H,5-8H2,(H,25,37)(H,26,38)(H,27,39)(H,28,40)(H,29,30)(H,31,32)(H,33,34)(H,35,36)(H,41,42)/t11-,12-,13-,14-/m0/s1/i24-2. The SMILES string of the molecule is O=C(O)C[C@H](NC(=O)[C@H](CC(=O)O)NC(=O)[C@H](CC(=O)O)NC(=O)[C@H](CC(=O)O)NC(=O)c1cccc([125I])c1)C(=O)O. The van der Waals surface area contributed by atoms with Gasteiger partial charge < -0.3 is 46.8 Å². The van der Waals surface area contributed by atoms with Crippen LogP contribution in [0.3, 0.4) is 0 Å². The number of nitrogens with one attached hydrogen (secondary N) is 4. The quantitative estimate of drug-likeness (QED) is 0.0779. The van der Waals surface area contributed by atoms with Crippen LogP contribution >= 0.6 is 22.6 Å². The number of halogens is 1. The third kappa shape index (κ3) is 12.6. The van der Waals surface area contributed by atoms with Gasteiger partial charge in [0, 0.05) is 9.13 Å². The molecule has 0 spiro atoms. The van der Waals surface area contributed by atoms with Gasteiger partial charge in [-0.15, -0.1) is 0 Å². The Morgan fingerprint density at radius 1 is 0.571 bits per heavy atom. The number of hydrogen-bond donors (Lipinski definition) is 9. The molecular formula is C23H25IN4O14. The molecule has 0 bridgehead atoms. The minimum absolute atomic E-state index is 0.0509. The van der Waals surface area contributed by atoms with Gasteiger partial charge in [-0.3, -0.25) is 38.4 Å². The molecule has 0 aromatic heterocycles. The van der Waals surface area contributed by atoms with Crippen molar-refractivity contribution in [2.24, 2.45) is 0 Å². The van der Waals surface area contributed by atoms with Gasteiger partial charge in [-0.2, -0.15) is 0 Å². The van der Waals surface area contributed by atoms with E-state index in [-0.39, 0.29) is 5.56 Å². The predicted octanol–water partition coefficient (Wildman–Crippen LogP) is -2.17. The van der Waals surface area contributed by atoms with E-state index < -0.39 is 103 Å². The van der Waals surface area contributed by atoms with Crippen molar-refractivity contribution in [3.63, 3.8) is 0 Å². The lowest BCUT2D eigenvalue weighted by atomic mass is 10.1. The number of amides is 4. The average Bonchev–Trinajstić information content (AvgIpc) is 2.85. The van der Waals surface area contributed by atoms with E-state index in [2.05, 4.69) is 5.32 Å². The average molecular weight is 706 g/mol. The zero-order chi connectivity index (χ0) is 32.1. The molecule has 0 aliphatic rings. The number of carboxylic acids is 5. The number of carboxylic acid groups (broad SMARTS) is 5. The summed E-state index contributed by atoms with van der Waals surface area (Å²) in [6, 6.07) is -1.99. The largest absolute Gasteiger partial charge is 0.481 e. The summed E-state index contributed by atoms with van der Waals surface area (Å²) in [5.41, 5.74) is 0.0509. The van der Waals surface area contributed by atoms with Crippen LogP contribution in [0, 0.1) is 3.57 Å². The summed E-state index contributed by atoms with van der Waals surface area (Å²) in [5, 5.41) is 53.1. The van der Waals surface area contributed by atoms with Gasteiger partial charge >= 0.3 is 29.8 Å². The van der Waals surface area contributed by atoms with Crippen molar-refractivity contribution in [3.8, 4) is 0 Å². The van der Waals surface area contributed by atoms with Crippen molar-refractivity contribution in [3.05, 3.63) is 33.4 Å². The fourth-order valence-electron chi connectivity index (χ4n) is 3.21. The molecule has 1 aromatic carbocycles. The van der Waals surface area contributed by atoms with Crippen LogP contribution in [-0.4, -0.2) is 103 Å². The highest BCUT2D eigenvalue weighted by molar-refractivity contribution is 14.1. The van der Waals surface area contributed by atoms with E-state index >= 15 is 0 Å². The van der Waals surface area contributed by atoms with E-state index in [4.69, 9.17) is 15.3 Å². The van der Waals surface area contributed by atoms with E-state index in [0.29, 0.717) is 3.57 Å². The Bertz CT molecular complexity index is 1270. The van der Waals surface area contributed by atoms with Crippen LogP contribution < -0.4 is 21.3 Å². The van der Waals surface area contributed by atoms with Crippen LogP contribution in [-0.2, 0) is 38.4 Å². The topological polar surface area (TPSA) is 303 Å². The Labute approximate surface area is 249 Å². The molecule has 9 N–H and O–H groups in total. The summed E-state index contributed by atoms with van der Waals surface area (Å²) >= 11 is 1.90. The number of benzene rings is 1. The smallest absolute Gasteiger partial charge is 0.326 e. The second-order valence-corrected chi connectivity index (χ2v) is 9.70. The summed E-state index contributed by atoms with van der Waals surface area (Å²) in [5.74, 6) is -13.4. The third-order valence-corrected chi connectivity index (χ3v) is 5.78. The number of hydrogen-bond acceptors (Lipinski definition) is 9. The molecule has 0 heterocycles. The minimum atomic E-state index is -2.06. The molecule has 4 atom stereocenters. The van der Waals surface area contributed by atoms with Gasteiger partial charge in [0.25, 0.3) is 5.91 Å². The Morgan fingerprint density at radius 2 is 0.929 bits per heavy atom. The Kier molecular flexibility index (Phi) is 13.8. The molecule has 19 heteroatoms. The molecule has 0 aliphatic heterocycles. The highest BCUT2D eigenvalue weighted by Gasteiger charge is 2.34. The second-order valence-electron chi connectivity index (χ2n) is 8.45. The maximum absolute atomic E-state index is 12.9. The number of aliphatic carboxylic acids is 5. The first-order valence-corrected chi connectivity index (χ1v) is 12.7. The lowest BCUT2D eigenvalue weighted by Gasteiger charge is -2.24. The molecule has 0 saturated heterocycles. The first-order chi connectivity index (χ1) is 19.5. The van der Waals surface area contributed by atoms with Crippen LogP contribution in [0.15, 0.2) is 24.3 Å². The lowest BCUT2D eigenvalue weighted by Crippen LogP contribution is -2.58. The highest BCUT2D eigenvalue weighted by atomic mass is 125. The van der Waals surface area contributed by atoms with Crippen molar-refractivity contribution in [1.82, 2.24) is 21.3 Å². The molecule has 18 nitrogen and oxygen atoms in total. The summed E-state index contributed by atoms with van der Waals surface area (Å²) < 4.78 is 0.635. The van der Waals surface area contributed by atoms with Crippen LogP contribution in [0.5, 0.6) is 0 Å². The number of carbonyl (C=O) groups is 9.